The summed E-state index contributed by atoms with van der Waals surface area (Å²) >= 11 is 0. The van der Waals surface area contributed by atoms with Gasteiger partial charge in [-0.2, -0.15) is 0 Å². The van der Waals surface area contributed by atoms with Crippen LogP contribution in [-0.4, -0.2) is 32.6 Å². The first-order valence-electron chi connectivity index (χ1n) is 9.86. The molecular weight excluding hydrogens is 427 g/mol. The van der Waals surface area contributed by atoms with E-state index in [9.17, 15) is 14.2 Å². The highest BCUT2D eigenvalue weighted by Gasteiger charge is 2.39. The molecule has 0 aliphatic rings. The lowest BCUT2D eigenvalue weighted by Crippen LogP contribution is -2.17. The molecule has 7 heteroatoms. The van der Waals surface area contributed by atoms with Crippen LogP contribution in [0.2, 0.25) is 0 Å². The molecule has 32 heavy (non-hydrogen) atoms. The second-order valence-electron chi connectivity index (χ2n) is 7.09. The molecule has 1 atom stereocenters. The summed E-state index contributed by atoms with van der Waals surface area (Å²) in [5.74, 6) is 0.345. The van der Waals surface area contributed by atoms with Crippen molar-refractivity contribution >= 4 is 24.4 Å². The Morgan fingerprint density at radius 1 is 0.719 bits per heavy atom. The molecule has 0 N–H and O–H groups in total. The Hall–Kier alpha value is -3.50. The Morgan fingerprint density at radius 2 is 1.31 bits per heavy atom. The Balaban J connectivity index is 2.15. The van der Waals surface area contributed by atoms with Gasteiger partial charge in [-0.15, -0.1) is 0 Å². The van der Waals surface area contributed by atoms with Gasteiger partial charge < -0.3 is 14.2 Å². The summed E-state index contributed by atoms with van der Waals surface area (Å²) in [6.07, 6.45) is 0. The molecule has 3 rings (SSSR count). The van der Waals surface area contributed by atoms with E-state index in [1.54, 1.807) is 56.3 Å². The number of ether oxygens (including phenoxy) is 3. The van der Waals surface area contributed by atoms with Crippen LogP contribution in [0.1, 0.15) is 37.4 Å². The summed E-state index contributed by atoms with van der Waals surface area (Å²) in [7, 11) is 1.77. The third-order valence-electron chi connectivity index (χ3n) is 5.20. The molecule has 6 nitrogen and oxygen atoms in total. The van der Waals surface area contributed by atoms with Gasteiger partial charge in [0.15, 0.2) is 11.5 Å². The van der Waals surface area contributed by atoms with E-state index in [4.69, 9.17) is 14.2 Å². The van der Waals surface area contributed by atoms with Crippen molar-refractivity contribution < 1.29 is 28.4 Å². The van der Waals surface area contributed by atoms with Crippen molar-refractivity contribution in [3.05, 3.63) is 82.4 Å². The monoisotopic (exact) mass is 451 g/mol. The number of methoxy groups -OCH3 is 3. The third kappa shape index (κ3) is 4.14. The van der Waals surface area contributed by atoms with Gasteiger partial charge in [0, 0.05) is 0 Å². The van der Waals surface area contributed by atoms with Gasteiger partial charge in [-0.1, -0.05) is 34.9 Å². The third-order valence-corrected chi connectivity index (χ3v) is 6.62. The van der Waals surface area contributed by atoms with Crippen molar-refractivity contribution in [1.82, 2.24) is 0 Å². The Morgan fingerprint density at radius 3 is 1.91 bits per heavy atom. The molecule has 0 aliphatic carbocycles. The molecule has 0 saturated heterocycles. The van der Waals surface area contributed by atoms with Gasteiger partial charge >= 0.3 is 13.3 Å². The van der Waals surface area contributed by atoms with Crippen molar-refractivity contribution in [1.29, 1.82) is 0 Å². The van der Waals surface area contributed by atoms with E-state index < -0.39 is 19.1 Å². The van der Waals surface area contributed by atoms with E-state index >= 15 is 0 Å². The number of rotatable bonds is 8. The summed E-state index contributed by atoms with van der Waals surface area (Å²) in [4.78, 5) is 26.8. The van der Waals surface area contributed by atoms with Crippen LogP contribution in [0.5, 0.6) is 17.2 Å². The van der Waals surface area contributed by atoms with Crippen LogP contribution in [-0.2, 0) is 4.57 Å². The molecule has 0 spiro atoms. The van der Waals surface area contributed by atoms with Crippen molar-refractivity contribution in [3.63, 3.8) is 0 Å². The van der Waals surface area contributed by atoms with Crippen molar-refractivity contribution in [3.8, 4) is 17.2 Å². The maximum absolute atomic E-state index is 13.6. The van der Waals surface area contributed by atoms with E-state index in [0.29, 0.717) is 11.3 Å². The molecule has 0 fully saturated rings. The van der Waals surface area contributed by atoms with Crippen LogP contribution >= 0.6 is 7.80 Å². The molecule has 0 heterocycles. The Labute approximate surface area is 187 Å². The summed E-state index contributed by atoms with van der Waals surface area (Å²) in [6, 6.07) is 15.0. The van der Waals surface area contributed by atoms with Gasteiger partial charge in [-0.3, -0.25) is 4.79 Å². The highest BCUT2D eigenvalue weighted by atomic mass is 31.1. The van der Waals surface area contributed by atoms with Crippen LogP contribution in [0.15, 0.2) is 54.6 Å². The van der Waals surface area contributed by atoms with Crippen molar-refractivity contribution in [2.75, 3.05) is 21.3 Å². The molecule has 3 aromatic rings. The lowest BCUT2D eigenvalue weighted by molar-refractivity contribution is 0.103. The predicted molar refractivity (Wildman–Crippen MR) is 123 cm³/mol. The van der Waals surface area contributed by atoms with Gasteiger partial charge in [-0.25, -0.2) is 4.79 Å². The van der Waals surface area contributed by atoms with Crippen molar-refractivity contribution in [2.24, 2.45) is 0 Å². The van der Waals surface area contributed by atoms with Crippen molar-refractivity contribution in [2.45, 2.75) is 13.8 Å². The highest BCUT2D eigenvalue weighted by Crippen LogP contribution is 2.39. The molecular formula is C25H24O6P+. The molecule has 0 saturated carbocycles. The van der Waals surface area contributed by atoms with Gasteiger partial charge in [0.05, 0.1) is 32.5 Å². The predicted octanol–water partition coefficient (Wildman–Crippen LogP) is 4.85. The van der Waals surface area contributed by atoms with Crippen LogP contribution in [0.25, 0.3) is 0 Å². The van der Waals surface area contributed by atoms with Gasteiger partial charge in [-0.05, 0) is 49.2 Å². The lowest BCUT2D eigenvalue weighted by Gasteiger charge is -2.15. The molecule has 0 aliphatic heterocycles. The van der Waals surface area contributed by atoms with E-state index in [0.717, 1.165) is 11.1 Å². The fourth-order valence-electron chi connectivity index (χ4n) is 3.63. The zero-order valence-electron chi connectivity index (χ0n) is 18.6. The zero-order valence-corrected chi connectivity index (χ0v) is 19.5. The fourth-order valence-corrected chi connectivity index (χ4v) is 5.03. The van der Waals surface area contributed by atoms with Crippen LogP contribution in [0.3, 0.4) is 0 Å². The molecule has 0 radical (unpaired) electrons. The Kier molecular flexibility index (Phi) is 7.06. The molecule has 3 aromatic carbocycles. The number of hydrogen-bond donors (Lipinski definition) is 0. The quantitative estimate of drug-likeness (QED) is 0.360. The fraction of sp³-hybridized carbons (Fsp3) is 0.200. The number of benzene rings is 3. The molecule has 0 bridgehead atoms. The summed E-state index contributed by atoms with van der Waals surface area (Å²) in [5.41, 5.74) is 1.63. The van der Waals surface area contributed by atoms with E-state index in [-0.39, 0.29) is 27.9 Å². The van der Waals surface area contributed by atoms with Crippen LogP contribution in [0, 0.1) is 13.8 Å². The molecule has 1 unspecified atom stereocenters. The van der Waals surface area contributed by atoms with E-state index in [1.165, 1.54) is 27.4 Å². The minimum atomic E-state index is -2.55. The summed E-state index contributed by atoms with van der Waals surface area (Å²) in [6.45, 7) is 3.60. The number of ketones is 1. The largest absolute Gasteiger partial charge is 0.496 e. The van der Waals surface area contributed by atoms with E-state index in [2.05, 4.69) is 0 Å². The van der Waals surface area contributed by atoms with Crippen LogP contribution < -0.4 is 19.5 Å². The Bertz CT molecular complexity index is 1190. The first-order valence-corrected chi connectivity index (χ1v) is 11.1. The molecule has 0 aromatic heterocycles. The van der Waals surface area contributed by atoms with Crippen LogP contribution in [0.4, 0.5) is 0 Å². The average molecular weight is 451 g/mol. The minimum Gasteiger partial charge on any atom is -0.496 e. The van der Waals surface area contributed by atoms with E-state index in [1.807, 2.05) is 6.07 Å². The minimum absolute atomic E-state index is 0.129. The first-order chi connectivity index (χ1) is 15.3. The smallest absolute Gasteiger partial charge is 0.459 e. The second-order valence-corrected chi connectivity index (χ2v) is 8.57. The second kappa shape index (κ2) is 9.75. The first kappa shape index (κ1) is 23.2. The highest BCUT2D eigenvalue weighted by molar-refractivity contribution is 7.71. The van der Waals surface area contributed by atoms with Gasteiger partial charge in [0.2, 0.25) is 11.1 Å². The summed E-state index contributed by atoms with van der Waals surface area (Å²) < 4.78 is 29.5. The molecule has 164 valence electrons. The maximum Gasteiger partial charge on any atom is 0.459 e. The summed E-state index contributed by atoms with van der Waals surface area (Å²) in [5, 5.41) is 0.159. The number of aryl methyl sites for hydroxylation is 2. The maximum atomic E-state index is 13.6. The zero-order chi connectivity index (χ0) is 23.4. The topological polar surface area (TPSA) is 78.9 Å². The standard InChI is InChI=1S/C25H24O6P/c1-15-9-8-10-16(2)21(15)25(27)32(28)20-12-7-6-11-17(20)23(26)22-18(29-3)13-14-19(30-4)24(22)31-5/h6-14H,1-5H3/q+1. The number of carbonyl (C=O) groups excluding carboxylic acids is 2. The molecule has 0 amide bonds. The number of hydrogen-bond acceptors (Lipinski definition) is 6. The normalized spacial score (nSPS) is 11.0. The average Bonchev–Trinajstić information content (AvgIpc) is 2.81. The number of carbonyl (C=O) groups is 2. The SMILES string of the molecule is COc1ccc(OC)c(C(=O)c2ccccc2[P+](=O)C(=O)c2c(C)cccc2C)c1OC. The van der Waals surface area contributed by atoms with Gasteiger partial charge in [0.25, 0.3) is 0 Å². The van der Waals surface area contributed by atoms with Gasteiger partial charge in [0.1, 0.15) is 11.3 Å². The lowest BCUT2D eigenvalue weighted by atomic mass is 10.0.